The molecule has 5 nitrogen and oxygen atoms in total. The summed E-state index contributed by atoms with van der Waals surface area (Å²) in [7, 11) is 0. The number of aryl methyl sites for hydroxylation is 2. The van der Waals surface area contributed by atoms with Gasteiger partial charge in [0.15, 0.2) is 0 Å². The number of carbonyl (C=O) groups excluding carboxylic acids is 1. The first-order chi connectivity index (χ1) is 13.0. The first kappa shape index (κ1) is 19.2. The number of hydrogen-bond acceptors (Lipinski definition) is 5. The van der Waals surface area contributed by atoms with Gasteiger partial charge in [-0.05, 0) is 37.1 Å². The van der Waals surface area contributed by atoms with Gasteiger partial charge in [0.05, 0.1) is 29.8 Å². The second-order valence-corrected chi connectivity index (χ2v) is 7.76. The Morgan fingerprint density at radius 3 is 2.48 bits per heavy atom. The molecule has 0 aliphatic heterocycles. The Morgan fingerprint density at radius 2 is 1.85 bits per heavy atom. The van der Waals surface area contributed by atoms with Crippen LogP contribution in [0.4, 0.5) is 0 Å². The number of carbonyl (C=O) groups is 1. The van der Waals surface area contributed by atoms with Crippen LogP contribution in [0.1, 0.15) is 32.8 Å². The van der Waals surface area contributed by atoms with Gasteiger partial charge in [-0.3, -0.25) is 9.78 Å². The van der Waals surface area contributed by atoms with Crippen molar-refractivity contribution in [1.82, 2.24) is 14.9 Å². The quantitative estimate of drug-likeness (QED) is 0.681. The van der Waals surface area contributed by atoms with E-state index in [4.69, 9.17) is 0 Å². The standard InChI is InChI=1S/C21H23N3O2S/c1-15-20(27-16(2)23-15)12-21(26)24(13-17-8-10-22-11-9-17)14-19(25)18-6-4-3-5-7-18/h3-11,19,25H,12-14H2,1-2H3/t19-/m1/s1. The number of aliphatic hydroxyl groups excluding tert-OH is 1. The van der Waals surface area contributed by atoms with Crippen LogP contribution < -0.4 is 0 Å². The van der Waals surface area contributed by atoms with Crippen molar-refractivity contribution in [3.8, 4) is 0 Å². The molecule has 3 aromatic rings. The maximum absolute atomic E-state index is 13.0. The largest absolute Gasteiger partial charge is 0.387 e. The number of nitrogens with zero attached hydrogens (tertiary/aromatic N) is 3. The first-order valence-electron chi connectivity index (χ1n) is 8.85. The molecule has 0 radical (unpaired) electrons. The summed E-state index contributed by atoms with van der Waals surface area (Å²) in [5.74, 6) is -0.0199. The van der Waals surface area contributed by atoms with Gasteiger partial charge < -0.3 is 10.0 Å². The normalized spacial score (nSPS) is 12.0. The van der Waals surface area contributed by atoms with Crippen LogP contribution >= 0.6 is 11.3 Å². The topological polar surface area (TPSA) is 66.3 Å². The number of amides is 1. The molecule has 1 N–H and O–H groups in total. The molecule has 2 heterocycles. The van der Waals surface area contributed by atoms with Crippen LogP contribution in [0.5, 0.6) is 0 Å². The molecule has 27 heavy (non-hydrogen) atoms. The zero-order valence-corrected chi connectivity index (χ0v) is 16.3. The number of pyridine rings is 1. The lowest BCUT2D eigenvalue weighted by molar-refractivity contribution is -0.132. The van der Waals surface area contributed by atoms with Crippen molar-refractivity contribution in [3.63, 3.8) is 0 Å². The molecule has 1 atom stereocenters. The zero-order chi connectivity index (χ0) is 19.2. The van der Waals surface area contributed by atoms with Gasteiger partial charge in [0.25, 0.3) is 0 Å². The average Bonchev–Trinajstić information content (AvgIpc) is 2.99. The maximum Gasteiger partial charge on any atom is 0.228 e. The highest BCUT2D eigenvalue weighted by atomic mass is 32.1. The Morgan fingerprint density at radius 1 is 1.15 bits per heavy atom. The Labute approximate surface area is 163 Å². The lowest BCUT2D eigenvalue weighted by atomic mass is 10.1. The second-order valence-electron chi connectivity index (χ2n) is 6.47. The molecule has 6 heteroatoms. The maximum atomic E-state index is 13.0. The highest BCUT2D eigenvalue weighted by molar-refractivity contribution is 7.11. The van der Waals surface area contributed by atoms with Gasteiger partial charge in [-0.2, -0.15) is 0 Å². The van der Waals surface area contributed by atoms with E-state index in [0.29, 0.717) is 13.0 Å². The molecule has 0 aliphatic carbocycles. The number of rotatable bonds is 7. The molecule has 140 valence electrons. The smallest absolute Gasteiger partial charge is 0.228 e. The third-order valence-electron chi connectivity index (χ3n) is 4.36. The molecular formula is C21H23N3O2S. The Balaban J connectivity index is 1.78. The van der Waals surface area contributed by atoms with Crippen LogP contribution in [0, 0.1) is 13.8 Å². The molecule has 0 bridgehead atoms. The van der Waals surface area contributed by atoms with Crippen LogP contribution in [-0.2, 0) is 17.8 Å². The fourth-order valence-corrected chi connectivity index (χ4v) is 3.87. The number of hydrogen-bond donors (Lipinski definition) is 1. The molecule has 0 saturated carbocycles. The predicted molar refractivity (Wildman–Crippen MR) is 106 cm³/mol. The van der Waals surface area contributed by atoms with Gasteiger partial charge in [0.1, 0.15) is 0 Å². The summed E-state index contributed by atoms with van der Waals surface area (Å²) in [6.45, 7) is 4.54. The summed E-state index contributed by atoms with van der Waals surface area (Å²) in [5.41, 5.74) is 2.68. The Kier molecular flexibility index (Phi) is 6.32. The van der Waals surface area contributed by atoms with Crippen LogP contribution in [0.25, 0.3) is 0 Å². The van der Waals surface area contributed by atoms with Gasteiger partial charge in [0.2, 0.25) is 5.91 Å². The fourth-order valence-electron chi connectivity index (χ4n) is 2.94. The lowest BCUT2D eigenvalue weighted by Crippen LogP contribution is -2.35. The highest BCUT2D eigenvalue weighted by Crippen LogP contribution is 2.21. The first-order valence-corrected chi connectivity index (χ1v) is 9.67. The third-order valence-corrected chi connectivity index (χ3v) is 5.44. The minimum atomic E-state index is -0.735. The second kappa shape index (κ2) is 8.88. The third kappa shape index (κ3) is 5.21. The molecule has 0 unspecified atom stereocenters. The highest BCUT2D eigenvalue weighted by Gasteiger charge is 2.21. The van der Waals surface area contributed by atoms with Crippen molar-refractivity contribution in [1.29, 1.82) is 0 Å². The van der Waals surface area contributed by atoms with Crippen LogP contribution in [0.2, 0.25) is 0 Å². The summed E-state index contributed by atoms with van der Waals surface area (Å²) in [4.78, 5) is 24.1. The van der Waals surface area contributed by atoms with Crippen molar-refractivity contribution in [2.75, 3.05) is 6.54 Å². The van der Waals surface area contributed by atoms with Crippen molar-refractivity contribution in [2.24, 2.45) is 0 Å². The fraction of sp³-hybridized carbons (Fsp3) is 0.286. The van der Waals surface area contributed by atoms with E-state index in [0.717, 1.165) is 26.7 Å². The van der Waals surface area contributed by atoms with Crippen molar-refractivity contribution >= 4 is 17.2 Å². The van der Waals surface area contributed by atoms with Crippen molar-refractivity contribution in [3.05, 3.63) is 81.6 Å². The molecule has 3 rings (SSSR count). The zero-order valence-electron chi connectivity index (χ0n) is 15.5. The summed E-state index contributed by atoms with van der Waals surface area (Å²) in [6.07, 6.45) is 2.98. The molecule has 0 saturated heterocycles. The summed E-state index contributed by atoms with van der Waals surface area (Å²) < 4.78 is 0. The van der Waals surface area contributed by atoms with E-state index >= 15 is 0 Å². The van der Waals surface area contributed by atoms with Crippen molar-refractivity contribution < 1.29 is 9.90 Å². The van der Waals surface area contributed by atoms with E-state index in [1.54, 1.807) is 28.6 Å². The van der Waals surface area contributed by atoms with Gasteiger partial charge in [-0.1, -0.05) is 30.3 Å². The monoisotopic (exact) mass is 381 g/mol. The predicted octanol–water partition coefficient (Wildman–Crippen LogP) is 3.46. The van der Waals surface area contributed by atoms with Gasteiger partial charge >= 0.3 is 0 Å². The van der Waals surface area contributed by atoms with Gasteiger partial charge in [-0.15, -0.1) is 11.3 Å². The summed E-state index contributed by atoms with van der Waals surface area (Å²) in [6, 6.07) is 13.2. The SMILES string of the molecule is Cc1nc(C)c(CC(=O)N(Cc2ccncc2)C[C@@H](O)c2ccccc2)s1. The van der Waals surface area contributed by atoms with E-state index in [2.05, 4.69) is 9.97 Å². The van der Waals surface area contributed by atoms with E-state index in [-0.39, 0.29) is 12.5 Å². The summed E-state index contributed by atoms with van der Waals surface area (Å²) in [5, 5.41) is 11.6. The van der Waals surface area contributed by atoms with E-state index in [9.17, 15) is 9.90 Å². The molecule has 1 amide bonds. The number of thiazole rings is 1. The van der Waals surface area contributed by atoms with Crippen molar-refractivity contribution in [2.45, 2.75) is 32.9 Å². The van der Waals surface area contributed by atoms with Crippen LogP contribution in [0.15, 0.2) is 54.9 Å². The minimum absolute atomic E-state index is 0.0199. The van der Waals surface area contributed by atoms with E-state index < -0.39 is 6.10 Å². The number of benzene rings is 1. The van der Waals surface area contributed by atoms with E-state index in [1.165, 1.54) is 0 Å². The Bertz CT molecular complexity index is 881. The molecule has 0 fully saturated rings. The molecular weight excluding hydrogens is 358 g/mol. The molecule has 2 aromatic heterocycles. The lowest BCUT2D eigenvalue weighted by Gasteiger charge is -2.26. The van der Waals surface area contributed by atoms with Gasteiger partial charge in [0, 0.05) is 23.8 Å². The van der Waals surface area contributed by atoms with E-state index in [1.807, 2.05) is 56.3 Å². The number of aromatic nitrogens is 2. The average molecular weight is 382 g/mol. The summed E-state index contributed by atoms with van der Waals surface area (Å²) >= 11 is 1.55. The molecule has 1 aromatic carbocycles. The minimum Gasteiger partial charge on any atom is -0.387 e. The van der Waals surface area contributed by atoms with Crippen LogP contribution in [0.3, 0.4) is 0 Å². The Hall–Kier alpha value is -2.57. The molecule has 0 aliphatic rings. The number of aliphatic hydroxyl groups is 1. The molecule has 0 spiro atoms. The van der Waals surface area contributed by atoms with Gasteiger partial charge in [-0.25, -0.2) is 4.98 Å². The van der Waals surface area contributed by atoms with Crippen LogP contribution in [-0.4, -0.2) is 32.4 Å².